The number of benzene rings is 2. The number of Topliss-reactive ketones (excluding diaryl/α,β-unsaturated/α-hetero) is 1. The molecular formula is C29H29N9O. The number of carbonyl (C=O) groups excluding carboxylic acids is 1. The standard InChI is InChI=1S/C29H29N9O/c1-3-15-38(19-27-30-13-6-14-31-27)29-32-22(17-23(39)16-21-11-9-20(2)10-12-21)18-26(33-29)24-7-4-5-8-25(24)28-34-36-37-35-28/h4-14,18H,3,15-17,19H2,1-2H3,(H,34,35,36,37). The molecule has 2 aromatic carbocycles. The Bertz CT molecular complexity index is 1520. The van der Waals surface area contributed by atoms with E-state index in [1.165, 1.54) is 0 Å². The van der Waals surface area contributed by atoms with Crippen LogP contribution in [-0.2, 0) is 24.2 Å². The van der Waals surface area contributed by atoms with Crippen molar-refractivity contribution in [1.29, 1.82) is 0 Å². The molecule has 10 heteroatoms. The lowest BCUT2D eigenvalue weighted by Gasteiger charge is -2.22. The molecule has 0 atom stereocenters. The molecule has 0 fully saturated rings. The molecule has 0 aliphatic carbocycles. The van der Waals surface area contributed by atoms with Crippen molar-refractivity contribution in [3.8, 4) is 22.6 Å². The van der Waals surface area contributed by atoms with Gasteiger partial charge in [-0.1, -0.05) is 61.0 Å². The number of aromatic nitrogens is 8. The van der Waals surface area contributed by atoms with Gasteiger partial charge >= 0.3 is 0 Å². The van der Waals surface area contributed by atoms with Crippen LogP contribution in [0, 0.1) is 6.92 Å². The van der Waals surface area contributed by atoms with Crippen LogP contribution in [0.3, 0.4) is 0 Å². The molecule has 39 heavy (non-hydrogen) atoms. The lowest BCUT2D eigenvalue weighted by Crippen LogP contribution is -2.27. The van der Waals surface area contributed by atoms with Crippen LogP contribution in [0.5, 0.6) is 0 Å². The minimum atomic E-state index is 0.0781. The van der Waals surface area contributed by atoms with Gasteiger partial charge in [0, 0.05) is 42.9 Å². The maximum absolute atomic E-state index is 13.1. The molecule has 0 saturated heterocycles. The van der Waals surface area contributed by atoms with Crippen molar-refractivity contribution >= 4 is 11.7 Å². The van der Waals surface area contributed by atoms with Crippen LogP contribution < -0.4 is 4.90 Å². The number of nitrogens with one attached hydrogen (secondary N) is 1. The van der Waals surface area contributed by atoms with E-state index < -0.39 is 0 Å². The smallest absolute Gasteiger partial charge is 0.226 e. The van der Waals surface area contributed by atoms with E-state index in [0.29, 0.717) is 48.5 Å². The van der Waals surface area contributed by atoms with Crippen molar-refractivity contribution in [3.63, 3.8) is 0 Å². The minimum Gasteiger partial charge on any atom is -0.333 e. The Hall–Kier alpha value is -4.86. The molecule has 5 aromatic rings. The number of hydrogen-bond acceptors (Lipinski definition) is 9. The minimum absolute atomic E-state index is 0.0781. The quantitative estimate of drug-likeness (QED) is 0.273. The number of aryl methyl sites for hydroxylation is 1. The second kappa shape index (κ2) is 12.1. The van der Waals surface area contributed by atoms with E-state index in [1.807, 2.05) is 66.4 Å². The topological polar surface area (TPSA) is 126 Å². The molecule has 196 valence electrons. The molecule has 0 amide bonds. The number of ketones is 1. The van der Waals surface area contributed by atoms with Gasteiger partial charge in [-0.05, 0) is 36.3 Å². The van der Waals surface area contributed by atoms with Crippen molar-refractivity contribution in [2.75, 3.05) is 11.4 Å². The normalized spacial score (nSPS) is 10.9. The maximum Gasteiger partial charge on any atom is 0.226 e. The third-order valence-corrected chi connectivity index (χ3v) is 6.18. The average Bonchev–Trinajstić information content (AvgIpc) is 3.50. The molecule has 0 saturated carbocycles. The summed E-state index contributed by atoms with van der Waals surface area (Å²) in [5.74, 6) is 1.73. The van der Waals surface area contributed by atoms with Crippen molar-refractivity contribution in [2.45, 2.75) is 39.7 Å². The molecule has 0 spiro atoms. The van der Waals surface area contributed by atoms with E-state index in [-0.39, 0.29) is 12.2 Å². The number of tetrazole rings is 1. The number of hydrogen-bond donors (Lipinski definition) is 1. The van der Waals surface area contributed by atoms with E-state index >= 15 is 0 Å². The predicted octanol–water partition coefficient (Wildman–Crippen LogP) is 4.19. The van der Waals surface area contributed by atoms with Gasteiger partial charge in [-0.3, -0.25) is 4.79 Å². The Balaban J connectivity index is 1.53. The van der Waals surface area contributed by atoms with E-state index in [0.717, 1.165) is 28.7 Å². The average molecular weight is 520 g/mol. The molecule has 10 nitrogen and oxygen atoms in total. The van der Waals surface area contributed by atoms with Crippen molar-refractivity contribution in [1.82, 2.24) is 40.6 Å². The molecule has 0 radical (unpaired) electrons. The van der Waals surface area contributed by atoms with Gasteiger partial charge in [0.15, 0.2) is 0 Å². The monoisotopic (exact) mass is 519 g/mol. The highest BCUT2D eigenvalue weighted by Crippen LogP contribution is 2.30. The Labute approximate surface area is 226 Å². The van der Waals surface area contributed by atoms with Gasteiger partial charge in [0.25, 0.3) is 0 Å². The summed E-state index contributed by atoms with van der Waals surface area (Å²) in [5, 5.41) is 14.6. The Morgan fingerprint density at radius 3 is 2.41 bits per heavy atom. The first-order valence-electron chi connectivity index (χ1n) is 12.9. The third kappa shape index (κ3) is 6.53. The summed E-state index contributed by atoms with van der Waals surface area (Å²) in [5.41, 5.74) is 5.06. The van der Waals surface area contributed by atoms with E-state index in [9.17, 15) is 4.79 Å². The number of H-pyrrole nitrogens is 1. The van der Waals surface area contributed by atoms with Gasteiger partial charge in [0.05, 0.1) is 17.9 Å². The van der Waals surface area contributed by atoms with Crippen LogP contribution in [0.1, 0.15) is 36.0 Å². The largest absolute Gasteiger partial charge is 0.333 e. The first kappa shape index (κ1) is 25.8. The molecule has 3 aromatic heterocycles. The van der Waals surface area contributed by atoms with Crippen LogP contribution >= 0.6 is 0 Å². The van der Waals surface area contributed by atoms with E-state index in [4.69, 9.17) is 9.97 Å². The summed E-state index contributed by atoms with van der Waals surface area (Å²) in [7, 11) is 0. The van der Waals surface area contributed by atoms with Gasteiger partial charge in [-0.2, -0.15) is 5.21 Å². The zero-order valence-corrected chi connectivity index (χ0v) is 21.9. The van der Waals surface area contributed by atoms with Gasteiger partial charge in [0.1, 0.15) is 11.6 Å². The second-order valence-electron chi connectivity index (χ2n) is 9.29. The fourth-order valence-corrected chi connectivity index (χ4v) is 4.33. The number of carbonyl (C=O) groups is 1. The zero-order chi connectivity index (χ0) is 27.0. The van der Waals surface area contributed by atoms with E-state index in [2.05, 4.69) is 37.5 Å². The Kier molecular flexibility index (Phi) is 8.01. The van der Waals surface area contributed by atoms with Gasteiger partial charge in [-0.25, -0.2) is 19.9 Å². The third-order valence-electron chi connectivity index (χ3n) is 6.18. The first-order chi connectivity index (χ1) is 19.1. The summed E-state index contributed by atoms with van der Waals surface area (Å²) in [4.78, 5) is 33.8. The molecule has 0 aliphatic heterocycles. The maximum atomic E-state index is 13.1. The van der Waals surface area contributed by atoms with E-state index in [1.54, 1.807) is 18.5 Å². The van der Waals surface area contributed by atoms with Gasteiger partial charge in [0.2, 0.25) is 11.8 Å². The van der Waals surface area contributed by atoms with Crippen molar-refractivity contribution in [3.05, 3.63) is 95.7 Å². The van der Waals surface area contributed by atoms with Crippen LogP contribution in [0.15, 0.2) is 73.1 Å². The summed E-state index contributed by atoms with van der Waals surface area (Å²) in [6.07, 6.45) is 4.84. The predicted molar refractivity (Wildman–Crippen MR) is 148 cm³/mol. The number of aromatic amines is 1. The number of nitrogens with zero attached hydrogens (tertiary/aromatic N) is 8. The van der Waals surface area contributed by atoms with Gasteiger partial charge < -0.3 is 4.90 Å². The van der Waals surface area contributed by atoms with Crippen molar-refractivity contribution < 1.29 is 4.79 Å². The van der Waals surface area contributed by atoms with Crippen LogP contribution in [0.25, 0.3) is 22.6 Å². The summed E-state index contributed by atoms with van der Waals surface area (Å²) >= 11 is 0. The Morgan fingerprint density at radius 2 is 1.69 bits per heavy atom. The van der Waals surface area contributed by atoms with Crippen LogP contribution in [0.4, 0.5) is 5.95 Å². The van der Waals surface area contributed by atoms with Gasteiger partial charge in [-0.15, -0.1) is 10.2 Å². The first-order valence-corrected chi connectivity index (χ1v) is 12.9. The summed E-state index contributed by atoms with van der Waals surface area (Å²) < 4.78 is 0. The molecule has 5 rings (SSSR count). The number of anilines is 1. The van der Waals surface area contributed by atoms with Crippen LogP contribution in [0.2, 0.25) is 0 Å². The molecule has 0 aliphatic rings. The fraction of sp³-hybridized carbons (Fsp3) is 0.241. The summed E-state index contributed by atoms with van der Waals surface area (Å²) in [6.45, 7) is 5.27. The molecule has 0 unspecified atom stereocenters. The van der Waals surface area contributed by atoms with Crippen LogP contribution in [-0.4, -0.2) is 52.9 Å². The zero-order valence-electron chi connectivity index (χ0n) is 21.9. The highest BCUT2D eigenvalue weighted by atomic mass is 16.1. The number of rotatable bonds is 11. The highest BCUT2D eigenvalue weighted by Gasteiger charge is 2.19. The molecule has 3 heterocycles. The molecule has 0 bridgehead atoms. The Morgan fingerprint density at radius 1 is 0.923 bits per heavy atom. The lowest BCUT2D eigenvalue weighted by atomic mass is 10.0. The lowest BCUT2D eigenvalue weighted by molar-refractivity contribution is -0.117. The second-order valence-corrected chi connectivity index (χ2v) is 9.29. The van der Waals surface area contributed by atoms with Crippen molar-refractivity contribution in [2.24, 2.45) is 0 Å². The fourth-order valence-electron chi connectivity index (χ4n) is 4.33. The highest BCUT2D eigenvalue weighted by molar-refractivity contribution is 5.84. The molecular weight excluding hydrogens is 490 g/mol. The summed E-state index contributed by atoms with van der Waals surface area (Å²) in [6, 6.07) is 19.4. The molecule has 1 N–H and O–H groups in total. The SMILES string of the molecule is CCCN(Cc1ncccn1)c1nc(CC(=O)Cc2ccc(C)cc2)cc(-c2ccccc2-c2nn[nH]n2)n1.